The van der Waals surface area contributed by atoms with Gasteiger partial charge in [-0.25, -0.2) is 4.68 Å². The Morgan fingerprint density at radius 2 is 2.00 bits per heavy atom. The molecule has 2 heterocycles. The summed E-state index contributed by atoms with van der Waals surface area (Å²) in [5.41, 5.74) is 2.20. The van der Waals surface area contributed by atoms with E-state index in [4.69, 9.17) is 0 Å². The smallest absolute Gasteiger partial charge is 0.235 e. The Labute approximate surface area is 168 Å². The molecule has 4 rings (SSSR count). The van der Waals surface area contributed by atoms with Crippen LogP contribution in [0, 0.1) is 6.92 Å². The van der Waals surface area contributed by atoms with Crippen molar-refractivity contribution in [1.82, 2.24) is 24.5 Å². The Hall–Kier alpha value is -2.61. The molecule has 3 aromatic rings. The highest BCUT2D eigenvalue weighted by atomic mass is 32.2. The van der Waals surface area contributed by atoms with Gasteiger partial charge in [0, 0.05) is 18.7 Å². The molecule has 1 N–H and O–H groups in total. The van der Waals surface area contributed by atoms with Crippen LogP contribution in [0.5, 0.6) is 0 Å². The minimum absolute atomic E-state index is 0.0646. The van der Waals surface area contributed by atoms with Crippen molar-refractivity contribution in [2.75, 3.05) is 11.1 Å². The maximum Gasteiger partial charge on any atom is 0.235 e. The molecule has 0 saturated heterocycles. The first kappa shape index (κ1) is 18.7. The molecule has 1 aromatic carbocycles. The monoisotopic (exact) mass is 396 g/mol. The first-order valence-electron chi connectivity index (χ1n) is 9.55. The lowest BCUT2D eigenvalue weighted by Crippen LogP contribution is -2.19. The summed E-state index contributed by atoms with van der Waals surface area (Å²) in [6.07, 6.45) is 6.45. The minimum Gasteiger partial charge on any atom is -0.310 e. The van der Waals surface area contributed by atoms with Crippen LogP contribution in [0.2, 0.25) is 0 Å². The van der Waals surface area contributed by atoms with Crippen molar-refractivity contribution in [1.29, 1.82) is 0 Å². The van der Waals surface area contributed by atoms with Crippen LogP contribution in [-0.2, 0) is 11.8 Å². The third-order valence-electron chi connectivity index (χ3n) is 5.16. The molecular weight excluding hydrogens is 372 g/mol. The number of aromatic nitrogens is 5. The van der Waals surface area contributed by atoms with Gasteiger partial charge in [-0.1, -0.05) is 48.9 Å². The zero-order chi connectivity index (χ0) is 19.5. The summed E-state index contributed by atoms with van der Waals surface area (Å²) in [5.74, 6) is 1.79. The Balaban J connectivity index is 1.40. The van der Waals surface area contributed by atoms with E-state index in [1.54, 1.807) is 6.20 Å². The number of hydrogen-bond donors (Lipinski definition) is 1. The van der Waals surface area contributed by atoms with Gasteiger partial charge in [-0.2, -0.15) is 5.10 Å². The van der Waals surface area contributed by atoms with E-state index in [1.165, 1.54) is 24.6 Å². The molecule has 8 heteroatoms. The van der Waals surface area contributed by atoms with Crippen molar-refractivity contribution in [3.63, 3.8) is 0 Å². The van der Waals surface area contributed by atoms with E-state index >= 15 is 0 Å². The van der Waals surface area contributed by atoms with Gasteiger partial charge in [0.05, 0.1) is 18.0 Å². The van der Waals surface area contributed by atoms with Crippen LogP contribution in [-0.4, -0.2) is 36.2 Å². The molecule has 1 fully saturated rings. The largest absolute Gasteiger partial charge is 0.310 e. The molecule has 2 aromatic heterocycles. The van der Waals surface area contributed by atoms with Gasteiger partial charge < -0.3 is 9.88 Å². The van der Waals surface area contributed by atoms with Crippen LogP contribution in [0.15, 0.2) is 41.7 Å². The van der Waals surface area contributed by atoms with Crippen LogP contribution in [0.25, 0.3) is 11.4 Å². The number of anilines is 1. The Morgan fingerprint density at radius 1 is 1.21 bits per heavy atom. The second kappa shape index (κ2) is 8.18. The Bertz CT molecular complexity index is 973. The van der Waals surface area contributed by atoms with Gasteiger partial charge in [-0.05, 0) is 25.3 Å². The highest BCUT2D eigenvalue weighted by molar-refractivity contribution is 7.99. The third-order valence-corrected chi connectivity index (χ3v) is 6.18. The zero-order valence-corrected chi connectivity index (χ0v) is 16.9. The molecule has 1 amide bonds. The van der Waals surface area contributed by atoms with Gasteiger partial charge in [-0.15, -0.1) is 10.2 Å². The van der Waals surface area contributed by atoms with Crippen LogP contribution < -0.4 is 5.32 Å². The molecule has 0 unspecified atom stereocenters. The fourth-order valence-corrected chi connectivity index (χ4v) is 4.37. The van der Waals surface area contributed by atoms with Crippen LogP contribution in [0.4, 0.5) is 5.82 Å². The van der Waals surface area contributed by atoms with E-state index in [-0.39, 0.29) is 11.7 Å². The lowest BCUT2D eigenvalue weighted by atomic mass is 10.1. The van der Waals surface area contributed by atoms with Crippen molar-refractivity contribution in [2.24, 2.45) is 7.05 Å². The summed E-state index contributed by atoms with van der Waals surface area (Å²) in [4.78, 5) is 12.5. The molecule has 0 aliphatic heterocycles. The molecule has 0 spiro atoms. The highest BCUT2D eigenvalue weighted by Crippen LogP contribution is 2.31. The Morgan fingerprint density at radius 3 is 2.79 bits per heavy atom. The van der Waals surface area contributed by atoms with E-state index in [9.17, 15) is 4.79 Å². The van der Waals surface area contributed by atoms with E-state index in [1.807, 2.05) is 40.6 Å². The topological polar surface area (TPSA) is 77.6 Å². The summed E-state index contributed by atoms with van der Waals surface area (Å²) < 4.78 is 3.89. The molecule has 1 aliphatic rings. The number of amides is 1. The maximum atomic E-state index is 12.5. The van der Waals surface area contributed by atoms with Gasteiger partial charge in [-0.3, -0.25) is 4.79 Å². The lowest BCUT2D eigenvalue weighted by molar-refractivity contribution is -0.113. The average molecular weight is 397 g/mol. The standard InChI is InChI=1S/C20H24N6OS/c1-14-7-3-6-10-16(14)19-23-24-20(25(19)2)28-13-18(27)22-17-11-12-21-26(17)15-8-4-5-9-15/h3,6-7,10-12,15H,4-5,8-9,13H2,1-2H3,(H,22,27). The molecule has 28 heavy (non-hydrogen) atoms. The second-order valence-electron chi connectivity index (χ2n) is 7.12. The highest BCUT2D eigenvalue weighted by Gasteiger charge is 2.21. The fraction of sp³-hybridized carbons (Fsp3) is 0.400. The predicted octanol–water partition coefficient (Wildman–Crippen LogP) is 3.83. The minimum atomic E-state index is -0.0646. The summed E-state index contributed by atoms with van der Waals surface area (Å²) >= 11 is 1.38. The zero-order valence-electron chi connectivity index (χ0n) is 16.1. The van der Waals surface area contributed by atoms with E-state index in [0.717, 1.165) is 40.8 Å². The summed E-state index contributed by atoms with van der Waals surface area (Å²) in [5, 5.41) is 16.7. The van der Waals surface area contributed by atoms with Crippen LogP contribution in [0.1, 0.15) is 37.3 Å². The van der Waals surface area contributed by atoms with Crippen molar-refractivity contribution >= 4 is 23.5 Å². The Kier molecular flexibility index (Phi) is 5.47. The van der Waals surface area contributed by atoms with E-state index in [0.29, 0.717) is 6.04 Å². The number of rotatable bonds is 6. The van der Waals surface area contributed by atoms with E-state index < -0.39 is 0 Å². The molecule has 0 radical (unpaired) electrons. The summed E-state index contributed by atoms with van der Waals surface area (Å²) in [6.45, 7) is 2.05. The maximum absolute atomic E-state index is 12.5. The second-order valence-corrected chi connectivity index (χ2v) is 8.06. The van der Waals surface area contributed by atoms with Crippen molar-refractivity contribution < 1.29 is 4.79 Å². The molecule has 1 saturated carbocycles. The molecule has 146 valence electrons. The number of nitrogens with one attached hydrogen (secondary N) is 1. The molecule has 7 nitrogen and oxygen atoms in total. The van der Waals surface area contributed by atoms with Gasteiger partial charge in [0.25, 0.3) is 0 Å². The summed E-state index contributed by atoms with van der Waals surface area (Å²) in [6, 6.07) is 10.3. The van der Waals surface area contributed by atoms with Gasteiger partial charge >= 0.3 is 0 Å². The average Bonchev–Trinajstić information content (AvgIpc) is 3.42. The SMILES string of the molecule is Cc1ccccc1-c1nnc(SCC(=O)Nc2ccnn2C2CCCC2)n1C. The van der Waals surface area contributed by atoms with Gasteiger partial charge in [0.15, 0.2) is 11.0 Å². The number of carbonyl (C=O) groups is 1. The van der Waals surface area contributed by atoms with Gasteiger partial charge in [0.1, 0.15) is 5.82 Å². The lowest BCUT2D eigenvalue weighted by Gasteiger charge is -2.14. The number of nitrogens with zero attached hydrogens (tertiary/aromatic N) is 5. The number of aryl methyl sites for hydroxylation is 1. The normalized spacial score (nSPS) is 14.5. The molecular formula is C20H24N6OS. The fourth-order valence-electron chi connectivity index (χ4n) is 3.66. The molecule has 0 bridgehead atoms. The van der Waals surface area contributed by atoms with E-state index in [2.05, 4.69) is 33.6 Å². The first-order valence-corrected chi connectivity index (χ1v) is 10.5. The van der Waals surface area contributed by atoms with Crippen molar-refractivity contribution in [3.8, 4) is 11.4 Å². The first-order chi connectivity index (χ1) is 13.6. The quantitative estimate of drug-likeness (QED) is 0.641. The van der Waals surface area contributed by atoms with Crippen LogP contribution >= 0.6 is 11.8 Å². The van der Waals surface area contributed by atoms with Crippen LogP contribution in [0.3, 0.4) is 0 Å². The molecule has 0 atom stereocenters. The van der Waals surface area contributed by atoms with Gasteiger partial charge in [0.2, 0.25) is 5.91 Å². The number of thioether (sulfide) groups is 1. The summed E-state index contributed by atoms with van der Waals surface area (Å²) in [7, 11) is 1.93. The number of hydrogen-bond acceptors (Lipinski definition) is 5. The number of carbonyl (C=O) groups excluding carboxylic acids is 1. The predicted molar refractivity (Wildman–Crippen MR) is 110 cm³/mol. The molecule has 1 aliphatic carbocycles. The third kappa shape index (κ3) is 3.82. The van der Waals surface area contributed by atoms with Crippen molar-refractivity contribution in [2.45, 2.75) is 43.8 Å². The van der Waals surface area contributed by atoms with Crippen molar-refractivity contribution in [3.05, 3.63) is 42.1 Å². The number of benzene rings is 1.